The first kappa shape index (κ1) is 13.4. The summed E-state index contributed by atoms with van der Waals surface area (Å²) in [7, 11) is 0. The largest absolute Gasteiger partial charge is 0.480 e. The van der Waals surface area contributed by atoms with Gasteiger partial charge in [0.1, 0.15) is 17.2 Å². The standard InChI is InChI=1S/C17H18N2O3/c1-11-9-13(18-22-11)14-6-4-8-19(14)17(20)16-10-12-5-2-3-7-15(12)21-16/h2-3,5,7,9,14,16H,4,6,8,10H2,1H3/t14-,16+/m1/s1. The monoisotopic (exact) mass is 298 g/mol. The van der Waals surface area contributed by atoms with Crippen LogP contribution in [0.4, 0.5) is 0 Å². The number of benzene rings is 1. The van der Waals surface area contributed by atoms with Crippen LogP contribution in [0.25, 0.3) is 0 Å². The number of rotatable bonds is 2. The number of fused-ring (bicyclic) bond motifs is 1. The third kappa shape index (κ3) is 2.17. The van der Waals surface area contributed by atoms with Crippen LogP contribution in [-0.2, 0) is 11.2 Å². The van der Waals surface area contributed by atoms with E-state index in [1.807, 2.05) is 42.2 Å². The molecule has 0 N–H and O–H groups in total. The molecule has 2 aliphatic rings. The summed E-state index contributed by atoms with van der Waals surface area (Å²) < 4.78 is 11.0. The second kappa shape index (κ2) is 5.16. The summed E-state index contributed by atoms with van der Waals surface area (Å²) >= 11 is 0. The van der Waals surface area contributed by atoms with Crippen molar-refractivity contribution >= 4 is 5.91 Å². The Morgan fingerprint density at radius 2 is 2.23 bits per heavy atom. The Morgan fingerprint density at radius 3 is 3.00 bits per heavy atom. The van der Waals surface area contributed by atoms with Gasteiger partial charge in [-0.25, -0.2) is 0 Å². The molecule has 2 aliphatic heterocycles. The fourth-order valence-corrected chi connectivity index (χ4v) is 3.39. The van der Waals surface area contributed by atoms with Crippen molar-refractivity contribution in [3.63, 3.8) is 0 Å². The van der Waals surface area contributed by atoms with E-state index >= 15 is 0 Å². The number of aryl methyl sites for hydroxylation is 1. The Kier molecular flexibility index (Phi) is 3.13. The van der Waals surface area contributed by atoms with Crippen LogP contribution in [-0.4, -0.2) is 28.6 Å². The Morgan fingerprint density at radius 1 is 1.36 bits per heavy atom. The molecule has 0 aliphatic carbocycles. The first-order valence-electron chi connectivity index (χ1n) is 7.70. The molecule has 0 saturated carbocycles. The Hall–Kier alpha value is -2.30. The Labute approximate surface area is 128 Å². The van der Waals surface area contributed by atoms with Crippen LogP contribution in [0.3, 0.4) is 0 Å². The minimum Gasteiger partial charge on any atom is -0.480 e. The molecular formula is C17H18N2O3. The third-order valence-corrected chi connectivity index (χ3v) is 4.45. The fraction of sp³-hybridized carbons (Fsp3) is 0.412. The minimum absolute atomic E-state index is 0.0114. The van der Waals surface area contributed by atoms with Crippen molar-refractivity contribution in [3.05, 3.63) is 47.3 Å². The Balaban J connectivity index is 1.53. The highest BCUT2D eigenvalue weighted by molar-refractivity contribution is 5.83. The molecule has 1 amide bonds. The highest BCUT2D eigenvalue weighted by Crippen LogP contribution is 2.35. The quantitative estimate of drug-likeness (QED) is 0.855. The first-order valence-corrected chi connectivity index (χ1v) is 7.70. The second-order valence-electron chi connectivity index (χ2n) is 5.97. The van der Waals surface area contributed by atoms with E-state index in [1.165, 1.54) is 0 Å². The number of likely N-dealkylation sites (tertiary alicyclic amines) is 1. The molecule has 4 rings (SSSR count). The highest BCUT2D eigenvalue weighted by atomic mass is 16.5. The van der Waals surface area contributed by atoms with E-state index in [0.717, 1.165) is 42.2 Å². The van der Waals surface area contributed by atoms with Crippen LogP contribution in [0.15, 0.2) is 34.9 Å². The molecule has 5 nitrogen and oxygen atoms in total. The van der Waals surface area contributed by atoms with E-state index in [-0.39, 0.29) is 11.9 Å². The molecule has 22 heavy (non-hydrogen) atoms. The molecule has 1 saturated heterocycles. The molecule has 0 bridgehead atoms. The number of ether oxygens (including phenoxy) is 1. The Bertz CT molecular complexity index is 684. The van der Waals surface area contributed by atoms with E-state index in [0.29, 0.717) is 6.42 Å². The number of carbonyl (C=O) groups excluding carboxylic acids is 1. The first-order chi connectivity index (χ1) is 10.7. The van der Waals surface area contributed by atoms with Gasteiger partial charge in [-0.05, 0) is 31.4 Å². The van der Waals surface area contributed by atoms with Crippen LogP contribution in [0.1, 0.15) is 35.9 Å². The molecule has 0 unspecified atom stereocenters. The summed E-state index contributed by atoms with van der Waals surface area (Å²) in [5.41, 5.74) is 1.95. The van der Waals surface area contributed by atoms with Gasteiger partial charge in [-0.15, -0.1) is 0 Å². The van der Waals surface area contributed by atoms with Gasteiger partial charge in [0.05, 0.1) is 6.04 Å². The SMILES string of the molecule is Cc1cc([C@H]2CCCN2C(=O)[C@@H]2Cc3ccccc3O2)no1. The van der Waals surface area contributed by atoms with Gasteiger partial charge in [-0.2, -0.15) is 0 Å². The van der Waals surface area contributed by atoms with Crippen LogP contribution in [0, 0.1) is 6.92 Å². The van der Waals surface area contributed by atoms with Crippen LogP contribution >= 0.6 is 0 Å². The number of hydrogen-bond donors (Lipinski definition) is 0. The maximum atomic E-state index is 12.8. The van der Waals surface area contributed by atoms with E-state index in [2.05, 4.69) is 5.16 Å². The van der Waals surface area contributed by atoms with Crippen LogP contribution < -0.4 is 4.74 Å². The van der Waals surface area contributed by atoms with Gasteiger partial charge in [0.25, 0.3) is 5.91 Å². The molecule has 0 spiro atoms. The van der Waals surface area contributed by atoms with Gasteiger partial charge in [-0.1, -0.05) is 23.4 Å². The predicted molar refractivity (Wildman–Crippen MR) is 79.5 cm³/mol. The van der Waals surface area contributed by atoms with Crippen LogP contribution in [0.5, 0.6) is 5.75 Å². The minimum atomic E-state index is -0.411. The molecule has 3 heterocycles. The zero-order valence-corrected chi connectivity index (χ0v) is 12.5. The average molecular weight is 298 g/mol. The molecule has 114 valence electrons. The average Bonchev–Trinajstić information content (AvgIpc) is 3.24. The van der Waals surface area contributed by atoms with Crippen molar-refractivity contribution in [2.75, 3.05) is 6.54 Å². The van der Waals surface area contributed by atoms with Gasteiger partial charge in [0, 0.05) is 19.0 Å². The number of aromatic nitrogens is 1. The molecular weight excluding hydrogens is 280 g/mol. The summed E-state index contributed by atoms with van der Waals surface area (Å²) in [6.07, 6.45) is 2.15. The summed E-state index contributed by atoms with van der Waals surface area (Å²) in [4.78, 5) is 14.7. The highest BCUT2D eigenvalue weighted by Gasteiger charge is 2.38. The molecule has 0 radical (unpaired) electrons. The number of hydrogen-bond acceptors (Lipinski definition) is 4. The maximum Gasteiger partial charge on any atom is 0.264 e. The topological polar surface area (TPSA) is 55.6 Å². The molecule has 1 aromatic carbocycles. The van der Waals surface area contributed by atoms with Gasteiger partial charge in [0.15, 0.2) is 6.10 Å². The maximum absolute atomic E-state index is 12.8. The number of amides is 1. The van der Waals surface area contributed by atoms with E-state index in [1.54, 1.807) is 0 Å². The summed E-state index contributed by atoms with van der Waals surface area (Å²) in [5.74, 6) is 1.66. The third-order valence-electron chi connectivity index (χ3n) is 4.45. The number of nitrogens with zero attached hydrogens (tertiary/aromatic N) is 2. The zero-order valence-electron chi connectivity index (χ0n) is 12.5. The molecule has 1 fully saturated rings. The second-order valence-corrected chi connectivity index (χ2v) is 5.97. The van der Waals surface area contributed by atoms with Crippen LogP contribution in [0.2, 0.25) is 0 Å². The lowest BCUT2D eigenvalue weighted by molar-refractivity contribution is -0.139. The van der Waals surface area contributed by atoms with Gasteiger partial charge < -0.3 is 14.2 Å². The molecule has 1 aromatic heterocycles. The van der Waals surface area contributed by atoms with Crippen molar-refractivity contribution in [2.24, 2.45) is 0 Å². The number of carbonyl (C=O) groups is 1. The normalized spacial score (nSPS) is 23.4. The van der Waals surface area contributed by atoms with Gasteiger partial charge >= 0.3 is 0 Å². The van der Waals surface area contributed by atoms with Crippen molar-refractivity contribution in [2.45, 2.75) is 38.3 Å². The van der Waals surface area contributed by atoms with E-state index in [9.17, 15) is 4.79 Å². The van der Waals surface area contributed by atoms with Crippen molar-refractivity contribution in [1.29, 1.82) is 0 Å². The number of para-hydroxylation sites is 1. The predicted octanol–water partition coefficient (Wildman–Crippen LogP) is 2.65. The van der Waals surface area contributed by atoms with Gasteiger partial charge in [0.2, 0.25) is 0 Å². The van der Waals surface area contributed by atoms with Crippen molar-refractivity contribution < 1.29 is 14.1 Å². The van der Waals surface area contributed by atoms with E-state index in [4.69, 9.17) is 9.26 Å². The summed E-state index contributed by atoms with van der Waals surface area (Å²) in [6.45, 7) is 2.62. The summed E-state index contributed by atoms with van der Waals surface area (Å²) in [6, 6.07) is 9.78. The fourth-order valence-electron chi connectivity index (χ4n) is 3.39. The van der Waals surface area contributed by atoms with Gasteiger partial charge in [-0.3, -0.25) is 4.79 Å². The lowest BCUT2D eigenvalue weighted by Gasteiger charge is -2.25. The van der Waals surface area contributed by atoms with Crippen molar-refractivity contribution in [1.82, 2.24) is 10.1 Å². The zero-order chi connectivity index (χ0) is 15.1. The lowest BCUT2D eigenvalue weighted by Crippen LogP contribution is -2.41. The summed E-state index contributed by atoms with van der Waals surface area (Å²) in [5, 5.41) is 4.09. The van der Waals surface area contributed by atoms with Crippen molar-refractivity contribution in [3.8, 4) is 5.75 Å². The molecule has 2 aromatic rings. The van der Waals surface area contributed by atoms with E-state index < -0.39 is 6.10 Å². The smallest absolute Gasteiger partial charge is 0.264 e. The molecule has 5 heteroatoms. The lowest BCUT2D eigenvalue weighted by atomic mass is 10.1. The molecule has 2 atom stereocenters.